The van der Waals surface area contributed by atoms with Gasteiger partial charge in [-0.05, 0) is 48.3 Å². The Kier molecular flexibility index (Phi) is 6.84. The highest BCUT2D eigenvalue weighted by Crippen LogP contribution is 2.21. The number of ether oxygens (including phenoxy) is 2. The van der Waals surface area contributed by atoms with Gasteiger partial charge in [0.15, 0.2) is 0 Å². The van der Waals surface area contributed by atoms with Crippen molar-refractivity contribution in [3.05, 3.63) is 59.7 Å². The number of rotatable bonds is 7. The van der Waals surface area contributed by atoms with Crippen LogP contribution in [0.2, 0.25) is 0 Å². The summed E-state index contributed by atoms with van der Waals surface area (Å²) in [5, 5.41) is 0. The molecule has 0 N–H and O–H groups in total. The molecule has 5 nitrogen and oxygen atoms in total. The van der Waals surface area contributed by atoms with Crippen molar-refractivity contribution in [2.45, 2.75) is 13.3 Å². The van der Waals surface area contributed by atoms with Crippen LogP contribution in [0.5, 0.6) is 11.5 Å². The summed E-state index contributed by atoms with van der Waals surface area (Å²) in [5.41, 5.74) is 1.29. The van der Waals surface area contributed by atoms with Crippen molar-refractivity contribution in [3.63, 3.8) is 0 Å². The molecule has 2 aromatic carbocycles. The van der Waals surface area contributed by atoms with E-state index in [4.69, 9.17) is 13.7 Å². The van der Waals surface area contributed by atoms with Crippen LogP contribution in [0.25, 0.3) is 0 Å². The van der Waals surface area contributed by atoms with Crippen LogP contribution < -0.4 is 9.47 Å². The molecular formula is C18H18O5S. The van der Waals surface area contributed by atoms with Crippen molar-refractivity contribution < 1.29 is 23.2 Å². The summed E-state index contributed by atoms with van der Waals surface area (Å²) in [7, 11) is 0. The van der Waals surface area contributed by atoms with Crippen LogP contribution in [-0.4, -0.2) is 24.8 Å². The van der Waals surface area contributed by atoms with Crippen LogP contribution in [0.1, 0.15) is 22.8 Å². The second kappa shape index (κ2) is 9.10. The van der Waals surface area contributed by atoms with E-state index in [1.807, 2.05) is 18.4 Å². The molecule has 0 fully saturated rings. The van der Waals surface area contributed by atoms with Crippen LogP contribution in [0.3, 0.4) is 0 Å². The van der Waals surface area contributed by atoms with E-state index in [0.717, 1.165) is 12.0 Å². The lowest BCUT2D eigenvalue weighted by atomic mass is 10.1. The van der Waals surface area contributed by atoms with Crippen molar-refractivity contribution >= 4 is 24.0 Å². The van der Waals surface area contributed by atoms with E-state index >= 15 is 0 Å². The molecular weight excluding hydrogens is 328 g/mol. The summed E-state index contributed by atoms with van der Waals surface area (Å²) in [6.07, 6.45) is 2.65. The van der Waals surface area contributed by atoms with Gasteiger partial charge in [0.1, 0.15) is 17.1 Å². The van der Waals surface area contributed by atoms with E-state index in [-0.39, 0.29) is 11.3 Å². The fraction of sp³-hybridized carbons (Fsp3) is 0.222. The van der Waals surface area contributed by atoms with Crippen LogP contribution in [0.15, 0.2) is 48.5 Å². The number of carbonyl (C=O) groups is 2. The third-order valence-electron chi connectivity index (χ3n) is 3.09. The number of benzene rings is 2. The van der Waals surface area contributed by atoms with Gasteiger partial charge in [-0.3, -0.25) is 4.79 Å². The van der Waals surface area contributed by atoms with E-state index in [9.17, 15) is 9.59 Å². The average molecular weight is 346 g/mol. The Hall–Kier alpha value is -2.31. The first kappa shape index (κ1) is 18.0. The molecule has 0 heterocycles. The van der Waals surface area contributed by atoms with Gasteiger partial charge in [-0.1, -0.05) is 24.3 Å². The van der Waals surface area contributed by atoms with Crippen LogP contribution in [-0.2, 0) is 15.4 Å². The van der Waals surface area contributed by atoms with E-state index in [1.54, 1.807) is 36.4 Å². The maximum atomic E-state index is 12.3. The Labute approximate surface area is 145 Å². The Morgan fingerprint density at radius 3 is 2.38 bits per heavy atom. The summed E-state index contributed by atoms with van der Waals surface area (Å²) < 4.78 is 15.6. The van der Waals surface area contributed by atoms with Crippen molar-refractivity contribution in [2.24, 2.45) is 0 Å². The first-order valence-electron chi connectivity index (χ1n) is 7.34. The average Bonchev–Trinajstić information content (AvgIpc) is 2.56. The molecule has 0 radical (unpaired) electrons. The predicted molar refractivity (Wildman–Crippen MR) is 92.3 cm³/mol. The molecule has 24 heavy (non-hydrogen) atoms. The molecule has 0 saturated carbocycles. The summed E-state index contributed by atoms with van der Waals surface area (Å²) in [4.78, 5) is 23.4. The molecule has 0 atom stereocenters. The minimum atomic E-state index is -0.578. The summed E-state index contributed by atoms with van der Waals surface area (Å²) in [5.74, 6) is -0.467. The van der Waals surface area contributed by atoms with Crippen molar-refractivity contribution in [2.75, 3.05) is 12.9 Å². The second-order valence-corrected chi connectivity index (χ2v) is 5.43. The molecule has 6 heteroatoms. The summed E-state index contributed by atoms with van der Waals surface area (Å²) >= 11 is 1.33. The Morgan fingerprint density at radius 2 is 1.71 bits per heavy atom. The molecule has 0 aliphatic rings. The summed E-state index contributed by atoms with van der Waals surface area (Å²) in [6, 6.07) is 13.7. The zero-order valence-corrected chi connectivity index (χ0v) is 14.3. The zero-order valence-electron chi connectivity index (χ0n) is 13.5. The molecule has 126 valence electrons. The molecule has 0 aromatic heterocycles. The van der Waals surface area contributed by atoms with Gasteiger partial charge >= 0.3 is 11.9 Å². The minimum Gasteiger partial charge on any atom is -0.426 e. The molecule has 0 bridgehead atoms. The minimum absolute atomic E-state index is 0.181. The monoisotopic (exact) mass is 346 g/mol. The molecule has 0 spiro atoms. The fourth-order valence-electron chi connectivity index (χ4n) is 2.01. The summed E-state index contributed by atoms with van der Waals surface area (Å²) in [6.45, 7) is 1.90. The maximum Gasteiger partial charge on any atom is 0.347 e. The van der Waals surface area contributed by atoms with Gasteiger partial charge in [0, 0.05) is 13.2 Å². The first-order valence-corrected chi connectivity index (χ1v) is 8.49. The SMILES string of the molecule is CSOCCc1ccc(OC(=O)c2ccccc2OC(C)=O)cc1. The van der Waals surface area contributed by atoms with Gasteiger partial charge in [0.05, 0.1) is 6.61 Å². The highest BCUT2D eigenvalue weighted by Gasteiger charge is 2.15. The lowest BCUT2D eigenvalue weighted by molar-refractivity contribution is -0.131. The Balaban J connectivity index is 2.03. The zero-order chi connectivity index (χ0) is 17.4. The third kappa shape index (κ3) is 5.40. The Morgan fingerprint density at radius 1 is 1.00 bits per heavy atom. The highest BCUT2D eigenvalue weighted by atomic mass is 32.2. The van der Waals surface area contributed by atoms with Gasteiger partial charge in [-0.2, -0.15) is 0 Å². The van der Waals surface area contributed by atoms with Crippen molar-refractivity contribution in [1.82, 2.24) is 0 Å². The quantitative estimate of drug-likeness (QED) is 0.330. The number of esters is 2. The molecule has 0 saturated heterocycles. The number of carbonyl (C=O) groups excluding carboxylic acids is 2. The fourth-order valence-corrected chi connectivity index (χ4v) is 2.26. The lowest BCUT2D eigenvalue weighted by Crippen LogP contribution is -2.12. The second-order valence-electron chi connectivity index (χ2n) is 4.86. The van der Waals surface area contributed by atoms with Crippen LogP contribution in [0, 0.1) is 0 Å². The number of para-hydroxylation sites is 1. The van der Waals surface area contributed by atoms with Crippen molar-refractivity contribution in [3.8, 4) is 11.5 Å². The van der Waals surface area contributed by atoms with E-state index < -0.39 is 11.9 Å². The van der Waals surface area contributed by atoms with E-state index in [1.165, 1.54) is 19.0 Å². The smallest absolute Gasteiger partial charge is 0.347 e. The largest absolute Gasteiger partial charge is 0.426 e. The van der Waals surface area contributed by atoms with Gasteiger partial charge < -0.3 is 13.7 Å². The van der Waals surface area contributed by atoms with Crippen LogP contribution in [0.4, 0.5) is 0 Å². The van der Waals surface area contributed by atoms with Gasteiger partial charge in [-0.15, -0.1) is 0 Å². The highest BCUT2D eigenvalue weighted by molar-refractivity contribution is 7.93. The van der Waals surface area contributed by atoms with E-state index in [0.29, 0.717) is 12.4 Å². The lowest BCUT2D eigenvalue weighted by Gasteiger charge is -2.09. The standard InChI is InChI=1S/C18H18O5S/c1-13(19)22-17-6-4-3-5-16(17)18(20)23-15-9-7-14(8-10-15)11-12-21-24-2/h3-10H,11-12H2,1-2H3. The van der Waals surface area contributed by atoms with Crippen molar-refractivity contribution in [1.29, 1.82) is 0 Å². The van der Waals surface area contributed by atoms with Gasteiger partial charge in [0.2, 0.25) is 0 Å². The molecule has 0 aliphatic carbocycles. The molecule has 0 amide bonds. The van der Waals surface area contributed by atoms with Gasteiger partial charge in [0.25, 0.3) is 0 Å². The molecule has 2 aromatic rings. The third-order valence-corrected chi connectivity index (χ3v) is 3.49. The molecule has 2 rings (SSSR count). The van der Waals surface area contributed by atoms with E-state index in [2.05, 4.69) is 0 Å². The topological polar surface area (TPSA) is 61.8 Å². The van der Waals surface area contributed by atoms with Crippen LogP contribution >= 0.6 is 12.0 Å². The first-order chi connectivity index (χ1) is 11.6. The predicted octanol–water partition coefficient (Wildman–Crippen LogP) is 3.67. The molecule has 0 aliphatic heterocycles. The maximum absolute atomic E-state index is 12.3. The van der Waals surface area contributed by atoms with Gasteiger partial charge in [-0.25, -0.2) is 4.79 Å². The number of hydrogen-bond donors (Lipinski definition) is 0. The normalized spacial score (nSPS) is 10.2. The number of hydrogen-bond acceptors (Lipinski definition) is 6. The Bertz CT molecular complexity index is 697. The molecule has 0 unspecified atom stereocenters.